The molecule has 0 radical (unpaired) electrons. The highest BCUT2D eigenvalue weighted by molar-refractivity contribution is 7.91. The van der Waals surface area contributed by atoms with Crippen molar-refractivity contribution in [2.24, 2.45) is 0 Å². The zero-order valence-corrected chi connectivity index (χ0v) is 7.07. The summed E-state index contributed by atoms with van der Waals surface area (Å²) in [5.41, 5.74) is -1.94. The Hall–Kier alpha value is -0.160. The minimum Gasteiger partial charge on any atom is -0.273 e. The highest BCUT2D eigenvalue weighted by atomic mass is 32.2. The lowest BCUT2D eigenvalue weighted by molar-refractivity contribution is 0.338. The van der Waals surface area contributed by atoms with Gasteiger partial charge in [0.05, 0.1) is 0 Å². The van der Waals surface area contributed by atoms with Crippen LogP contribution in [0.15, 0.2) is 0 Å². The molecular formula is C5H12FNO2S. The molecule has 0 spiro atoms. The Morgan fingerprint density at radius 3 is 1.90 bits per heavy atom. The largest absolute Gasteiger partial charge is 0.273 e. The molecule has 0 fully saturated rings. The number of nitrogens with one attached hydrogen (secondary N) is 1. The molecule has 0 aliphatic heterocycles. The predicted octanol–water partition coefficient (Wildman–Crippen LogP) is 0.282. The summed E-state index contributed by atoms with van der Waals surface area (Å²) in [7, 11) is -3.58. The second-order valence-corrected chi connectivity index (χ2v) is 4.54. The molecule has 0 aromatic rings. The standard InChI is InChI=1S/C5H12FNO2S/c1-4(2)7-5(6)10(3,8)9/h4-5,7H,1-3H3. The van der Waals surface area contributed by atoms with Crippen LogP contribution in [-0.4, -0.2) is 26.3 Å². The molecule has 0 saturated carbocycles. The topological polar surface area (TPSA) is 46.2 Å². The van der Waals surface area contributed by atoms with Gasteiger partial charge in [0, 0.05) is 12.3 Å². The third kappa shape index (κ3) is 3.79. The van der Waals surface area contributed by atoms with Gasteiger partial charge in [-0.2, -0.15) is 0 Å². The normalized spacial score (nSPS) is 15.7. The molecule has 1 unspecified atom stereocenters. The fourth-order valence-electron chi connectivity index (χ4n) is 0.386. The number of hydrogen-bond acceptors (Lipinski definition) is 3. The molecule has 0 bridgehead atoms. The number of sulfone groups is 1. The van der Waals surface area contributed by atoms with E-state index in [2.05, 4.69) is 5.32 Å². The zero-order chi connectivity index (χ0) is 8.36. The van der Waals surface area contributed by atoms with Crippen molar-refractivity contribution in [3.05, 3.63) is 0 Å². The number of hydrogen-bond donors (Lipinski definition) is 1. The lowest BCUT2D eigenvalue weighted by atomic mass is 10.4. The van der Waals surface area contributed by atoms with Gasteiger partial charge in [-0.1, -0.05) is 0 Å². The third-order valence-corrected chi connectivity index (χ3v) is 1.73. The van der Waals surface area contributed by atoms with E-state index in [0.29, 0.717) is 0 Å². The van der Waals surface area contributed by atoms with Crippen LogP contribution in [0.25, 0.3) is 0 Å². The first-order valence-electron chi connectivity index (χ1n) is 2.93. The van der Waals surface area contributed by atoms with Crippen molar-refractivity contribution in [3.8, 4) is 0 Å². The molecule has 3 nitrogen and oxygen atoms in total. The number of halogens is 1. The Morgan fingerprint density at radius 2 is 1.80 bits per heavy atom. The summed E-state index contributed by atoms with van der Waals surface area (Å²) in [6, 6.07) is -0.162. The second kappa shape index (κ2) is 3.30. The van der Waals surface area contributed by atoms with Gasteiger partial charge < -0.3 is 0 Å². The summed E-state index contributed by atoms with van der Waals surface area (Å²) in [5.74, 6) is 0. The SMILES string of the molecule is CC(C)NC(F)S(C)(=O)=O. The van der Waals surface area contributed by atoms with Crippen LogP contribution in [0.1, 0.15) is 13.8 Å². The Bertz CT molecular complexity index is 188. The second-order valence-electron chi connectivity index (χ2n) is 2.47. The summed E-state index contributed by atoms with van der Waals surface area (Å²) in [6.07, 6.45) is 0.854. The molecule has 1 N–H and O–H groups in total. The van der Waals surface area contributed by atoms with E-state index in [1.807, 2.05) is 0 Å². The van der Waals surface area contributed by atoms with Crippen LogP contribution in [0, 0.1) is 0 Å². The van der Waals surface area contributed by atoms with Gasteiger partial charge >= 0.3 is 0 Å². The molecule has 1 atom stereocenters. The highest BCUT2D eigenvalue weighted by Crippen LogP contribution is 1.97. The van der Waals surface area contributed by atoms with Crippen LogP contribution in [-0.2, 0) is 9.84 Å². The maximum atomic E-state index is 12.5. The lowest BCUT2D eigenvalue weighted by Gasteiger charge is -2.10. The smallest absolute Gasteiger partial charge is 0.252 e. The summed E-state index contributed by atoms with van der Waals surface area (Å²) >= 11 is 0. The lowest BCUT2D eigenvalue weighted by Crippen LogP contribution is -2.36. The molecule has 0 amide bonds. The van der Waals surface area contributed by atoms with E-state index in [4.69, 9.17) is 0 Å². The first kappa shape index (κ1) is 9.84. The molecule has 0 heterocycles. The van der Waals surface area contributed by atoms with Crippen molar-refractivity contribution in [2.45, 2.75) is 25.5 Å². The number of alkyl halides is 1. The minimum absolute atomic E-state index is 0.162. The van der Waals surface area contributed by atoms with Crippen molar-refractivity contribution in [1.82, 2.24) is 5.32 Å². The monoisotopic (exact) mass is 169 g/mol. The van der Waals surface area contributed by atoms with E-state index in [-0.39, 0.29) is 6.04 Å². The quantitative estimate of drug-likeness (QED) is 0.617. The van der Waals surface area contributed by atoms with E-state index in [1.54, 1.807) is 13.8 Å². The van der Waals surface area contributed by atoms with Crippen molar-refractivity contribution >= 4 is 9.84 Å². The predicted molar refractivity (Wildman–Crippen MR) is 38.0 cm³/mol. The van der Waals surface area contributed by atoms with Crippen molar-refractivity contribution in [2.75, 3.05) is 6.26 Å². The van der Waals surface area contributed by atoms with Gasteiger partial charge in [-0.05, 0) is 13.8 Å². The Labute approximate surface area is 60.5 Å². The molecule has 10 heavy (non-hydrogen) atoms. The molecule has 0 aromatic carbocycles. The van der Waals surface area contributed by atoms with Gasteiger partial charge in [0.25, 0.3) is 5.63 Å². The summed E-state index contributed by atoms with van der Waals surface area (Å²) < 4.78 is 33.3. The Balaban J connectivity index is 3.99. The molecule has 0 aliphatic rings. The average molecular weight is 169 g/mol. The van der Waals surface area contributed by atoms with E-state index < -0.39 is 15.5 Å². The van der Waals surface area contributed by atoms with Crippen LogP contribution in [0.3, 0.4) is 0 Å². The van der Waals surface area contributed by atoms with E-state index >= 15 is 0 Å². The van der Waals surface area contributed by atoms with Crippen LogP contribution >= 0.6 is 0 Å². The first-order valence-corrected chi connectivity index (χ1v) is 4.88. The van der Waals surface area contributed by atoms with Crippen LogP contribution in [0.5, 0.6) is 0 Å². The Morgan fingerprint density at radius 1 is 1.40 bits per heavy atom. The van der Waals surface area contributed by atoms with E-state index in [0.717, 1.165) is 6.26 Å². The fourth-order valence-corrected chi connectivity index (χ4v) is 0.905. The van der Waals surface area contributed by atoms with Gasteiger partial charge in [0.15, 0.2) is 9.84 Å². The fraction of sp³-hybridized carbons (Fsp3) is 1.00. The van der Waals surface area contributed by atoms with Gasteiger partial charge in [-0.3, -0.25) is 5.32 Å². The van der Waals surface area contributed by atoms with E-state index in [1.165, 1.54) is 0 Å². The van der Waals surface area contributed by atoms with Gasteiger partial charge in [0.1, 0.15) is 0 Å². The minimum atomic E-state index is -3.58. The Kier molecular flexibility index (Phi) is 3.24. The molecule has 0 saturated heterocycles. The van der Waals surface area contributed by atoms with Crippen molar-refractivity contribution in [3.63, 3.8) is 0 Å². The zero-order valence-electron chi connectivity index (χ0n) is 6.26. The number of rotatable bonds is 3. The van der Waals surface area contributed by atoms with Gasteiger partial charge in [-0.25, -0.2) is 12.8 Å². The molecular weight excluding hydrogens is 157 g/mol. The van der Waals surface area contributed by atoms with Gasteiger partial charge in [-0.15, -0.1) is 0 Å². The molecule has 5 heteroatoms. The van der Waals surface area contributed by atoms with E-state index in [9.17, 15) is 12.8 Å². The molecule has 0 aliphatic carbocycles. The summed E-state index contributed by atoms with van der Waals surface area (Å²) in [5, 5.41) is 2.23. The van der Waals surface area contributed by atoms with Crippen LogP contribution < -0.4 is 5.32 Å². The van der Waals surface area contributed by atoms with Crippen molar-refractivity contribution in [1.29, 1.82) is 0 Å². The maximum absolute atomic E-state index is 12.5. The van der Waals surface area contributed by atoms with Crippen molar-refractivity contribution < 1.29 is 12.8 Å². The van der Waals surface area contributed by atoms with Crippen LogP contribution in [0.2, 0.25) is 0 Å². The molecule has 0 rings (SSSR count). The third-order valence-electron chi connectivity index (χ3n) is 0.840. The highest BCUT2D eigenvalue weighted by Gasteiger charge is 2.18. The molecule has 62 valence electrons. The first-order chi connectivity index (χ1) is 4.34. The average Bonchev–Trinajstić information content (AvgIpc) is 1.60. The van der Waals surface area contributed by atoms with Gasteiger partial charge in [0.2, 0.25) is 0 Å². The summed E-state index contributed by atoms with van der Waals surface area (Å²) in [6.45, 7) is 3.36. The molecule has 0 aromatic heterocycles. The maximum Gasteiger partial charge on any atom is 0.252 e. The van der Waals surface area contributed by atoms with Crippen LogP contribution in [0.4, 0.5) is 4.39 Å². The summed E-state index contributed by atoms with van der Waals surface area (Å²) in [4.78, 5) is 0.